The molecule has 21 nitrogen and oxygen atoms in total. The second-order valence-electron chi connectivity index (χ2n) is 19.5. The summed E-state index contributed by atoms with van der Waals surface area (Å²) in [5.41, 5.74) is 3.57. The average Bonchev–Trinajstić information content (AvgIpc) is 0.795. The molecule has 0 amide bonds. The quantitative estimate of drug-likeness (QED) is 0.0176. The van der Waals surface area contributed by atoms with E-state index in [0.717, 1.165) is 0 Å². The van der Waals surface area contributed by atoms with Crippen molar-refractivity contribution in [1.29, 1.82) is 0 Å². The minimum absolute atomic E-state index is 0.0796. The number of rotatable bonds is 30. The van der Waals surface area contributed by atoms with E-state index in [2.05, 4.69) is 95.6 Å². The van der Waals surface area contributed by atoms with Gasteiger partial charge in [-0.05, 0) is 148 Å². The van der Waals surface area contributed by atoms with Crippen molar-refractivity contribution in [2.45, 2.75) is 110 Å². The van der Waals surface area contributed by atoms with Crippen LogP contribution >= 0.6 is 119 Å². The van der Waals surface area contributed by atoms with E-state index >= 15 is 0 Å². The molecule has 6 unspecified atom stereocenters. The lowest BCUT2D eigenvalue weighted by atomic mass is 10.2. The number of halogens is 6. The van der Waals surface area contributed by atoms with Crippen LogP contribution in [0.3, 0.4) is 0 Å². The zero-order chi connectivity index (χ0) is 65.2. The molecule has 6 atom stereocenters. The molecule has 0 radical (unpaired) electrons. The molecule has 0 fully saturated rings. The SMILES string of the molecule is CC(Br)C(=O)OCc1ccc(OP2(Oc3ccc(COC(=O)C(C)Br)cc3)=NP(Oc3ccc(COC(=O)C(C)Br)cc3)(Oc3ccc(COC(=O)C(C)Br)cc3)=NP(Oc3ccc(COC(=O)C(C)Br)cc3)(Oc3ccc(COC(=O)C(C)Br)cc3)=N2)cc1. The maximum Gasteiger partial charge on any atom is 0.460 e. The van der Waals surface area contributed by atoms with Crippen molar-refractivity contribution >= 4 is 154 Å². The minimum Gasteiger partial charge on any atom is -0.460 e. The first-order valence-corrected chi connectivity index (χ1v) is 37.3. The number of carbonyl (C=O) groups is 6. The maximum absolute atomic E-state index is 12.5. The fourth-order valence-corrected chi connectivity index (χ4v) is 16.9. The lowest BCUT2D eigenvalue weighted by molar-refractivity contribution is -0.144. The number of carbonyl (C=O) groups excluding carboxylic acids is 6. The van der Waals surface area contributed by atoms with E-state index in [9.17, 15) is 28.8 Å². The number of nitrogens with zero attached hydrogens (tertiary/aromatic N) is 3. The highest BCUT2D eigenvalue weighted by atomic mass is 79.9. The first-order chi connectivity index (χ1) is 42.8. The van der Waals surface area contributed by atoms with Crippen LogP contribution in [-0.2, 0) is 96.8 Å². The Balaban J connectivity index is 1.51. The molecule has 480 valence electrons. The van der Waals surface area contributed by atoms with E-state index in [1.807, 2.05) is 0 Å². The number of alkyl halides is 6. The third-order valence-corrected chi connectivity index (χ3v) is 22.2. The summed E-state index contributed by atoms with van der Waals surface area (Å²) in [6, 6.07) is 39.2. The molecule has 0 N–H and O–H groups in total. The second kappa shape index (κ2) is 33.9. The topological polar surface area (TPSA) is 250 Å². The summed E-state index contributed by atoms with van der Waals surface area (Å²) in [6.07, 6.45) is 0. The summed E-state index contributed by atoms with van der Waals surface area (Å²) in [5, 5.41) is 0. The molecular weight excluding hydrogens is 1620 g/mol. The minimum atomic E-state index is -4.58. The number of hydrogen-bond donors (Lipinski definition) is 0. The van der Waals surface area contributed by atoms with Gasteiger partial charge in [0.25, 0.3) is 0 Å². The average molecular weight is 1680 g/mol. The Morgan fingerprint density at radius 2 is 0.389 bits per heavy atom. The fourth-order valence-electron chi connectivity index (χ4n) is 7.08. The first kappa shape index (κ1) is 71.9. The van der Waals surface area contributed by atoms with Gasteiger partial charge in [-0.1, -0.05) is 182 Å². The van der Waals surface area contributed by atoms with Crippen molar-refractivity contribution in [3.63, 3.8) is 0 Å². The molecule has 1 aliphatic rings. The first-order valence-electron chi connectivity index (χ1n) is 27.3. The smallest absolute Gasteiger partial charge is 0.460 e. The lowest BCUT2D eigenvalue weighted by Gasteiger charge is -2.33. The number of esters is 6. The van der Waals surface area contributed by atoms with Crippen molar-refractivity contribution in [3.8, 4) is 34.5 Å². The highest BCUT2D eigenvalue weighted by Crippen LogP contribution is 2.78. The van der Waals surface area contributed by atoms with Gasteiger partial charge in [0.2, 0.25) is 0 Å². The largest absolute Gasteiger partial charge is 0.460 e. The molecular formula is C60H60Br6N3O18P3. The van der Waals surface area contributed by atoms with E-state index in [0.29, 0.717) is 33.4 Å². The zero-order valence-electron chi connectivity index (χ0n) is 48.9. The van der Waals surface area contributed by atoms with E-state index in [1.165, 1.54) is 0 Å². The Bertz CT molecular complexity index is 3020. The van der Waals surface area contributed by atoms with Crippen LogP contribution in [0.1, 0.15) is 74.9 Å². The van der Waals surface area contributed by atoms with Gasteiger partial charge in [0.05, 0.1) is 0 Å². The van der Waals surface area contributed by atoms with Crippen molar-refractivity contribution in [3.05, 3.63) is 179 Å². The van der Waals surface area contributed by atoms with E-state index in [-0.39, 0.29) is 74.1 Å². The van der Waals surface area contributed by atoms with Gasteiger partial charge in [0, 0.05) is 0 Å². The monoisotopic (exact) mass is 1680 g/mol. The summed E-state index contributed by atoms with van der Waals surface area (Å²) in [4.78, 5) is 71.7. The molecule has 0 saturated carbocycles. The number of ether oxygens (including phenoxy) is 6. The van der Waals surface area contributed by atoms with Gasteiger partial charge in [0.15, 0.2) is 0 Å². The molecule has 0 aliphatic carbocycles. The molecule has 90 heavy (non-hydrogen) atoms. The van der Waals surface area contributed by atoms with Crippen LogP contribution in [0.5, 0.6) is 34.5 Å². The van der Waals surface area contributed by atoms with Gasteiger partial charge in [-0.15, -0.1) is 0 Å². The molecule has 0 bridgehead atoms. The zero-order valence-corrected chi connectivity index (χ0v) is 61.1. The Morgan fingerprint density at radius 3 is 0.500 bits per heavy atom. The van der Waals surface area contributed by atoms with Crippen LogP contribution in [0.2, 0.25) is 0 Å². The summed E-state index contributed by atoms with van der Waals surface area (Å²) in [7, 11) is -13.7. The molecule has 0 spiro atoms. The molecule has 30 heteroatoms. The van der Waals surface area contributed by atoms with Crippen molar-refractivity contribution < 1.29 is 84.3 Å². The summed E-state index contributed by atoms with van der Waals surface area (Å²) in [6.45, 7) is 9.41. The Hall–Kier alpha value is -5.49. The van der Waals surface area contributed by atoms with Crippen LogP contribution in [-0.4, -0.2) is 64.8 Å². The predicted octanol–water partition coefficient (Wildman–Crippen LogP) is 17.3. The van der Waals surface area contributed by atoms with Gasteiger partial charge in [-0.2, -0.15) is 0 Å². The van der Waals surface area contributed by atoms with E-state index < -0.39 is 87.8 Å². The molecule has 0 aromatic heterocycles. The van der Waals surface area contributed by atoms with Crippen LogP contribution in [0, 0.1) is 0 Å². The summed E-state index contributed by atoms with van der Waals surface area (Å²) >= 11 is 19.5. The van der Waals surface area contributed by atoms with E-state index in [1.54, 1.807) is 187 Å². The van der Waals surface area contributed by atoms with Crippen LogP contribution in [0.25, 0.3) is 0 Å². The van der Waals surface area contributed by atoms with Gasteiger partial charge in [-0.25, -0.2) is 0 Å². The molecule has 0 saturated heterocycles. The maximum atomic E-state index is 12.5. The number of benzene rings is 6. The van der Waals surface area contributed by atoms with E-state index in [4.69, 9.17) is 69.1 Å². The molecule has 1 aliphatic heterocycles. The second-order valence-corrected chi connectivity index (χ2v) is 33.9. The lowest BCUT2D eigenvalue weighted by Crippen LogP contribution is -2.14. The third-order valence-electron chi connectivity index (χ3n) is 11.8. The van der Waals surface area contributed by atoms with Crippen molar-refractivity contribution in [2.24, 2.45) is 13.5 Å². The summed E-state index contributed by atoms with van der Waals surface area (Å²) in [5.74, 6) is -2.08. The van der Waals surface area contributed by atoms with Gasteiger partial charge < -0.3 is 55.6 Å². The standard InChI is InChI=1S/C60H60Br6N3O18P3/c1-37(61)55(70)76-31-43-7-19-49(20-8-43)82-88(83-50-21-9-44(10-22-50)32-77-56(71)38(2)62)67-89(84-51-23-11-45(12-24-51)33-78-57(72)39(3)63,85-52-25-13-46(14-26-52)34-79-58(73)40(4)64)69-90(68-88,86-53-27-15-47(16-28-53)35-80-59(74)41(5)65)87-54-29-17-48(18-30-54)36-81-60(75)42(6)66/h7-30,37-42H,31-36H2,1-6H3. The van der Waals surface area contributed by atoms with Gasteiger partial charge >= 0.3 is 58.8 Å². The van der Waals surface area contributed by atoms with Crippen LogP contribution in [0.4, 0.5) is 0 Å². The Labute approximate surface area is 571 Å². The third kappa shape index (κ3) is 22.4. The highest BCUT2D eigenvalue weighted by molar-refractivity contribution is 9.10. The molecule has 6 aromatic rings. The van der Waals surface area contributed by atoms with Crippen LogP contribution in [0.15, 0.2) is 159 Å². The highest BCUT2D eigenvalue weighted by Gasteiger charge is 2.49. The van der Waals surface area contributed by atoms with Crippen LogP contribution < -0.4 is 27.1 Å². The van der Waals surface area contributed by atoms with Gasteiger partial charge in [0.1, 0.15) is 103 Å². The van der Waals surface area contributed by atoms with Crippen molar-refractivity contribution in [1.82, 2.24) is 0 Å². The molecule has 6 aromatic carbocycles. The number of hydrogen-bond acceptors (Lipinski definition) is 21. The van der Waals surface area contributed by atoms with Crippen molar-refractivity contribution in [2.75, 3.05) is 0 Å². The molecule has 7 rings (SSSR count). The normalized spacial score (nSPS) is 18.7. The molecule has 1 heterocycles. The Kier molecular flexibility index (Phi) is 27.1. The predicted molar refractivity (Wildman–Crippen MR) is 360 cm³/mol. The Morgan fingerprint density at radius 1 is 0.267 bits per heavy atom. The van der Waals surface area contributed by atoms with Gasteiger partial charge in [-0.3, -0.25) is 28.8 Å². The fraction of sp³-hybridized carbons (Fsp3) is 0.300. The summed E-state index contributed by atoms with van der Waals surface area (Å²) < 4.78 is 91.3.